The zero-order valence-electron chi connectivity index (χ0n) is 11.4. The van der Waals surface area contributed by atoms with Gasteiger partial charge in [-0.05, 0) is 55.9 Å². The van der Waals surface area contributed by atoms with Crippen LogP contribution in [0.4, 0.5) is 0 Å². The van der Waals surface area contributed by atoms with Gasteiger partial charge in [-0.3, -0.25) is 0 Å². The van der Waals surface area contributed by atoms with E-state index in [1.165, 1.54) is 11.3 Å². The molecule has 1 atom stereocenters. The summed E-state index contributed by atoms with van der Waals surface area (Å²) in [5.41, 5.74) is 0. The van der Waals surface area contributed by atoms with Crippen molar-refractivity contribution in [1.29, 1.82) is 0 Å². The molecule has 1 aliphatic heterocycles. The second-order valence-corrected chi connectivity index (χ2v) is 9.55. The smallest absolute Gasteiger partial charge is 0.244 e. The number of rotatable bonds is 2. The van der Waals surface area contributed by atoms with Crippen LogP contribution in [0.1, 0.15) is 18.2 Å². The fraction of sp³-hybridized carbons (Fsp3) is 0.667. The number of sulfonamides is 1. The van der Waals surface area contributed by atoms with E-state index < -0.39 is 10.0 Å². The third kappa shape index (κ3) is 3.21. The Kier molecular flexibility index (Phi) is 4.72. The van der Waals surface area contributed by atoms with E-state index >= 15 is 0 Å². The van der Waals surface area contributed by atoms with Crippen LogP contribution in [0, 0.1) is 6.92 Å². The minimum atomic E-state index is -3.38. The molecule has 0 saturated carbocycles. The zero-order chi connectivity index (χ0) is 14.2. The van der Waals surface area contributed by atoms with Gasteiger partial charge in [-0.15, -0.1) is 11.3 Å². The molecule has 0 radical (unpaired) electrons. The van der Waals surface area contributed by atoms with E-state index in [9.17, 15) is 8.42 Å². The molecule has 4 nitrogen and oxygen atoms in total. The Balaban J connectivity index is 2.36. The van der Waals surface area contributed by atoms with Crippen LogP contribution in [-0.4, -0.2) is 50.3 Å². The molecule has 1 fully saturated rings. The highest BCUT2D eigenvalue weighted by atomic mass is 79.9. The molecule has 0 spiro atoms. The lowest BCUT2D eigenvalue weighted by molar-refractivity contribution is 0.290. The van der Waals surface area contributed by atoms with Crippen LogP contribution in [0.25, 0.3) is 0 Å². The summed E-state index contributed by atoms with van der Waals surface area (Å²) < 4.78 is 28.1. The van der Waals surface area contributed by atoms with E-state index in [4.69, 9.17) is 0 Å². The molecular weight excluding hydrogens is 348 g/mol. The lowest BCUT2D eigenvalue weighted by atomic mass is 10.3. The molecule has 7 heteroatoms. The molecule has 1 aliphatic rings. The van der Waals surface area contributed by atoms with Crippen molar-refractivity contribution in [3.8, 4) is 0 Å². The number of hydrogen-bond donors (Lipinski definition) is 0. The van der Waals surface area contributed by atoms with Crippen LogP contribution < -0.4 is 0 Å². The van der Waals surface area contributed by atoms with Gasteiger partial charge in [0.1, 0.15) is 0 Å². The molecule has 0 aromatic carbocycles. The molecular formula is C12H19BrN2O2S2. The van der Waals surface area contributed by atoms with Crippen LogP contribution in [0.2, 0.25) is 0 Å². The number of hydrogen-bond acceptors (Lipinski definition) is 4. The van der Waals surface area contributed by atoms with E-state index in [2.05, 4.69) is 20.8 Å². The third-order valence-corrected chi connectivity index (χ3v) is 7.24. The third-order valence-electron chi connectivity index (χ3n) is 3.41. The molecule has 0 bridgehead atoms. The maximum atomic E-state index is 12.8. The van der Waals surface area contributed by atoms with E-state index in [-0.39, 0.29) is 6.04 Å². The Morgan fingerprint density at radius 1 is 1.42 bits per heavy atom. The van der Waals surface area contributed by atoms with Gasteiger partial charge < -0.3 is 4.90 Å². The number of halogens is 1. The first-order chi connectivity index (χ1) is 8.82. The van der Waals surface area contributed by atoms with Crippen LogP contribution >= 0.6 is 27.3 Å². The number of thiophene rings is 1. The van der Waals surface area contributed by atoms with Crippen molar-refractivity contribution in [3.05, 3.63) is 14.7 Å². The van der Waals surface area contributed by atoms with Crippen molar-refractivity contribution in [2.24, 2.45) is 0 Å². The molecule has 0 N–H and O–H groups in total. The lowest BCUT2D eigenvalue weighted by Gasteiger charge is -2.27. The summed E-state index contributed by atoms with van der Waals surface area (Å²) in [5.74, 6) is 0. The molecule has 108 valence electrons. The molecule has 2 heterocycles. The standard InChI is InChI=1S/C12H19BrN2O2S2/c1-9-8-14(3)5-4-6-15(9)19(16,17)11-7-12(13)18-10(11)2/h7,9H,4-6,8H2,1-3H3. The molecule has 0 amide bonds. The molecule has 1 saturated heterocycles. The first-order valence-corrected chi connectivity index (χ1v) is 9.33. The van der Waals surface area contributed by atoms with Crippen molar-refractivity contribution >= 4 is 37.3 Å². The Morgan fingerprint density at radius 2 is 2.11 bits per heavy atom. The van der Waals surface area contributed by atoms with Crippen LogP contribution in [0.3, 0.4) is 0 Å². The molecule has 1 unspecified atom stereocenters. The maximum absolute atomic E-state index is 12.8. The van der Waals surface area contributed by atoms with Gasteiger partial charge in [-0.2, -0.15) is 4.31 Å². The van der Waals surface area contributed by atoms with Crippen molar-refractivity contribution in [2.75, 3.05) is 26.7 Å². The van der Waals surface area contributed by atoms with Gasteiger partial charge in [-0.25, -0.2) is 8.42 Å². The summed E-state index contributed by atoms with van der Waals surface area (Å²) in [6.07, 6.45) is 0.879. The van der Waals surface area contributed by atoms with Crippen molar-refractivity contribution < 1.29 is 8.42 Å². The number of likely N-dealkylation sites (N-methyl/N-ethyl adjacent to an activating group) is 1. The van der Waals surface area contributed by atoms with Crippen molar-refractivity contribution in [2.45, 2.75) is 31.2 Å². The SMILES string of the molecule is Cc1sc(Br)cc1S(=O)(=O)N1CCCN(C)CC1C. The van der Waals surface area contributed by atoms with Gasteiger partial charge in [0, 0.05) is 24.0 Å². The minimum Gasteiger partial charge on any atom is -0.305 e. The number of aryl methyl sites for hydroxylation is 1. The second-order valence-electron chi connectivity index (χ2n) is 5.05. The van der Waals surface area contributed by atoms with E-state index in [1.54, 1.807) is 10.4 Å². The van der Waals surface area contributed by atoms with Crippen molar-refractivity contribution in [3.63, 3.8) is 0 Å². The van der Waals surface area contributed by atoms with Crippen LogP contribution in [-0.2, 0) is 10.0 Å². The summed E-state index contributed by atoms with van der Waals surface area (Å²) in [6.45, 7) is 6.17. The van der Waals surface area contributed by atoms with E-state index in [0.29, 0.717) is 11.4 Å². The fourth-order valence-electron chi connectivity index (χ4n) is 2.52. The van der Waals surface area contributed by atoms with Gasteiger partial charge in [0.05, 0.1) is 8.68 Å². The summed E-state index contributed by atoms with van der Waals surface area (Å²) in [7, 11) is -1.34. The lowest BCUT2D eigenvalue weighted by Crippen LogP contribution is -2.41. The summed E-state index contributed by atoms with van der Waals surface area (Å²) in [4.78, 5) is 3.48. The zero-order valence-corrected chi connectivity index (χ0v) is 14.6. The van der Waals surface area contributed by atoms with Gasteiger partial charge in [0.2, 0.25) is 10.0 Å². The van der Waals surface area contributed by atoms with E-state index in [1.807, 2.05) is 20.9 Å². The highest BCUT2D eigenvalue weighted by Gasteiger charge is 2.33. The second kappa shape index (κ2) is 5.81. The predicted octanol–water partition coefficient (Wildman–Crippen LogP) is 2.53. The highest BCUT2D eigenvalue weighted by molar-refractivity contribution is 9.11. The first-order valence-electron chi connectivity index (χ1n) is 6.28. The maximum Gasteiger partial charge on any atom is 0.244 e. The predicted molar refractivity (Wildman–Crippen MR) is 82.2 cm³/mol. The Labute approximate surface area is 127 Å². The minimum absolute atomic E-state index is 0.00979. The summed E-state index contributed by atoms with van der Waals surface area (Å²) >= 11 is 4.83. The summed E-state index contributed by atoms with van der Waals surface area (Å²) in [5, 5.41) is 0. The normalized spacial score (nSPS) is 23.5. The monoisotopic (exact) mass is 366 g/mol. The molecule has 1 aromatic rings. The first kappa shape index (κ1) is 15.4. The van der Waals surface area contributed by atoms with Crippen molar-refractivity contribution in [1.82, 2.24) is 9.21 Å². The number of nitrogens with zero attached hydrogens (tertiary/aromatic N) is 2. The Hall–Kier alpha value is 0.0500. The average molecular weight is 367 g/mol. The van der Waals surface area contributed by atoms with Gasteiger partial charge >= 0.3 is 0 Å². The summed E-state index contributed by atoms with van der Waals surface area (Å²) in [6, 6.07) is 1.73. The molecule has 0 aliphatic carbocycles. The van der Waals surface area contributed by atoms with Gasteiger partial charge in [0.15, 0.2) is 0 Å². The quantitative estimate of drug-likeness (QED) is 0.807. The van der Waals surface area contributed by atoms with Crippen LogP contribution in [0.5, 0.6) is 0 Å². The largest absolute Gasteiger partial charge is 0.305 e. The average Bonchev–Trinajstić information content (AvgIpc) is 2.53. The van der Waals surface area contributed by atoms with Crippen LogP contribution in [0.15, 0.2) is 14.7 Å². The molecule has 2 rings (SSSR count). The molecule has 19 heavy (non-hydrogen) atoms. The Bertz CT molecular complexity index is 556. The fourth-order valence-corrected chi connectivity index (χ4v) is 6.57. The van der Waals surface area contributed by atoms with Gasteiger partial charge in [0.25, 0.3) is 0 Å². The molecule has 1 aromatic heterocycles. The van der Waals surface area contributed by atoms with E-state index in [0.717, 1.165) is 28.2 Å². The highest BCUT2D eigenvalue weighted by Crippen LogP contribution is 2.32. The Morgan fingerprint density at radius 3 is 2.68 bits per heavy atom. The topological polar surface area (TPSA) is 40.6 Å². The van der Waals surface area contributed by atoms with Gasteiger partial charge in [-0.1, -0.05) is 0 Å².